The van der Waals surface area contributed by atoms with Crippen LogP contribution in [0.15, 0.2) is 18.2 Å². The van der Waals surface area contributed by atoms with E-state index in [4.69, 9.17) is 0 Å². The molecular formula is C17H23F2N. The van der Waals surface area contributed by atoms with Crippen molar-refractivity contribution in [2.45, 2.75) is 57.5 Å². The van der Waals surface area contributed by atoms with E-state index in [9.17, 15) is 8.78 Å². The van der Waals surface area contributed by atoms with Gasteiger partial charge in [-0.15, -0.1) is 0 Å². The lowest BCUT2D eigenvalue weighted by atomic mass is 9.69. The second-order valence-corrected chi connectivity index (χ2v) is 6.44. The van der Waals surface area contributed by atoms with Gasteiger partial charge in [0.15, 0.2) is 11.6 Å². The van der Waals surface area contributed by atoms with Gasteiger partial charge < -0.3 is 5.32 Å². The second-order valence-electron chi connectivity index (χ2n) is 6.44. The first-order chi connectivity index (χ1) is 9.72. The first kappa shape index (κ1) is 14.0. The van der Waals surface area contributed by atoms with E-state index in [1.807, 2.05) is 0 Å². The maximum atomic E-state index is 13.2. The van der Waals surface area contributed by atoms with E-state index in [1.165, 1.54) is 57.1 Å². The van der Waals surface area contributed by atoms with Crippen LogP contribution in [-0.4, -0.2) is 6.04 Å². The van der Waals surface area contributed by atoms with Gasteiger partial charge >= 0.3 is 0 Å². The lowest BCUT2D eigenvalue weighted by Crippen LogP contribution is -2.38. The molecule has 1 aromatic carbocycles. The van der Waals surface area contributed by atoms with E-state index < -0.39 is 11.6 Å². The largest absolute Gasteiger partial charge is 0.310 e. The molecule has 1 nitrogen and oxygen atoms in total. The summed E-state index contributed by atoms with van der Waals surface area (Å²) in [6, 6.07) is 4.72. The molecule has 2 aliphatic rings. The number of hydrogen-bond donors (Lipinski definition) is 1. The smallest absolute Gasteiger partial charge is 0.159 e. The molecule has 2 fully saturated rings. The fourth-order valence-electron chi connectivity index (χ4n) is 3.97. The van der Waals surface area contributed by atoms with Crippen LogP contribution in [0.2, 0.25) is 0 Å². The highest BCUT2D eigenvalue weighted by molar-refractivity contribution is 5.17. The number of halogens is 2. The maximum absolute atomic E-state index is 13.2. The number of hydrogen-bond acceptors (Lipinski definition) is 1. The zero-order valence-corrected chi connectivity index (χ0v) is 11.9. The van der Waals surface area contributed by atoms with E-state index in [0.29, 0.717) is 12.6 Å². The van der Waals surface area contributed by atoms with Crippen molar-refractivity contribution in [1.82, 2.24) is 5.32 Å². The molecule has 3 heteroatoms. The molecule has 0 amide bonds. The first-order valence-electron chi connectivity index (χ1n) is 7.89. The van der Waals surface area contributed by atoms with Gasteiger partial charge in [-0.25, -0.2) is 8.78 Å². The van der Waals surface area contributed by atoms with Crippen molar-refractivity contribution in [3.05, 3.63) is 35.4 Å². The molecule has 0 heterocycles. The summed E-state index contributed by atoms with van der Waals surface area (Å²) >= 11 is 0. The topological polar surface area (TPSA) is 12.0 Å². The van der Waals surface area contributed by atoms with Gasteiger partial charge in [-0.05, 0) is 48.8 Å². The monoisotopic (exact) mass is 279 g/mol. The molecule has 2 aliphatic carbocycles. The summed E-state index contributed by atoms with van der Waals surface area (Å²) in [5, 5.41) is 3.53. The summed E-state index contributed by atoms with van der Waals surface area (Å²) in [7, 11) is 0. The summed E-state index contributed by atoms with van der Waals surface area (Å²) in [6.07, 6.45) is 9.42. The van der Waals surface area contributed by atoms with Gasteiger partial charge in [-0.3, -0.25) is 0 Å². The predicted molar refractivity (Wildman–Crippen MR) is 76.3 cm³/mol. The van der Waals surface area contributed by atoms with Crippen molar-refractivity contribution in [3.63, 3.8) is 0 Å². The van der Waals surface area contributed by atoms with Crippen LogP contribution in [0.3, 0.4) is 0 Å². The van der Waals surface area contributed by atoms with Crippen molar-refractivity contribution < 1.29 is 8.78 Å². The zero-order chi connectivity index (χ0) is 13.9. The Balaban J connectivity index is 1.52. The van der Waals surface area contributed by atoms with Crippen molar-refractivity contribution in [1.29, 1.82) is 0 Å². The van der Waals surface area contributed by atoms with Gasteiger partial charge in [0.2, 0.25) is 0 Å². The third-order valence-corrected chi connectivity index (χ3v) is 5.12. The normalized spacial score (nSPS) is 30.0. The molecule has 0 aromatic heterocycles. The van der Waals surface area contributed by atoms with Crippen LogP contribution in [-0.2, 0) is 6.54 Å². The van der Waals surface area contributed by atoms with Crippen molar-refractivity contribution in [3.8, 4) is 0 Å². The molecule has 1 N–H and O–H groups in total. The highest BCUT2D eigenvalue weighted by Crippen LogP contribution is 2.40. The van der Waals surface area contributed by atoms with Gasteiger partial charge in [-0.2, -0.15) is 0 Å². The fraction of sp³-hybridized carbons (Fsp3) is 0.647. The molecule has 2 saturated carbocycles. The molecule has 3 atom stereocenters. The minimum absolute atomic E-state index is 0.544. The van der Waals surface area contributed by atoms with E-state index in [0.717, 1.165) is 17.4 Å². The summed E-state index contributed by atoms with van der Waals surface area (Å²) in [5.41, 5.74) is 0.828. The Morgan fingerprint density at radius 2 is 1.75 bits per heavy atom. The third-order valence-electron chi connectivity index (χ3n) is 5.12. The van der Waals surface area contributed by atoms with E-state index in [2.05, 4.69) is 5.32 Å². The minimum Gasteiger partial charge on any atom is -0.310 e. The third kappa shape index (κ3) is 3.20. The summed E-state index contributed by atoms with van der Waals surface area (Å²) in [5.74, 6) is 0.321. The molecule has 0 radical (unpaired) electrons. The highest BCUT2D eigenvalue weighted by atomic mass is 19.2. The molecule has 3 rings (SSSR count). The minimum atomic E-state index is -0.767. The van der Waals surface area contributed by atoms with Gasteiger partial charge in [-0.1, -0.05) is 31.7 Å². The zero-order valence-electron chi connectivity index (χ0n) is 11.9. The number of benzene rings is 1. The molecule has 0 spiro atoms. The Morgan fingerprint density at radius 1 is 0.950 bits per heavy atom. The molecule has 1 aromatic rings. The van der Waals surface area contributed by atoms with Crippen LogP contribution < -0.4 is 5.32 Å². The van der Waals surface area contributed by atoms with Crippen molar-refractivity contribution in [2.24, 2.45) is 11.8 Å². The SMILES string of the molecule is Fc1ccc(CNC2CCC3CCCCC3C2)cc1F. The average Bonchev–Trinajstić information content (AvgIpc) is 2.48. The van der Waals surface area contributed by atoms with Crippen LogP contribution in [0.5, 0.6) is 0 Å². The van der Waals surface area contributed by atoms with Crippen LogP contribution in [0.25, 0.3) is 0 Å². The van der Waals surface area contributed by atoms with Crippen LogP contribution in [0.1, 0.15) is 50.5 Å². The highest BCUT2D eigenvalue weighted by Gasteiger charge is 2.31. The van der Waals surface area contributed by atoms with Crippen LogP contribution in [0.4, 0.5) is 8.78 Å². The van der Waals surface area contributed by atoms with E-state index in [-0.39, 0.29) is 0 Å². The molecule has 20 heavy (non-hydrogen) atoms. The van der Waals surface area contributed by atoms with Gasteiger partial charge in [0, 0.05) is 12.6 Å². The Hall–Kier alpha value is -0.960. The Kier molecular flexibility index (Phi) is 4.35. The quantitative estimate of drug-likeness (QED) is 0.864. The maximum Gasteiger partial charge on any atom is 0.159 e. The first-order valence-corrected chi connectivity index (χ1v) is 7.89. The predicted octanol–water partition coefficient (Wildman–Crippen LogP) is 4.41. The Bertz CT molecular complexity index is 460. The van der Waals surface area contributed by atoms with Crippen molar-refractivity contribution >= 4 is 0 Å². The fourth-order valence-corrected chi connectivity index (χ4v) is 3.97. The van der Waals surface area contributed by atoms with Crippen LogP contribution in [0, 0.1) is 23.5 Å². The summed E-state index contributed by atoms with van der Waals surface area (Å²) in [4.78, 5) is 0. The number of fused-ring (bicyclic) bond motifs is 1. The molecule has 0 bridgehead atoms. The molecule has 0 saturated heterocycles. The molecule has 3 unspecified atom stereocenters. The Morgan fingerprint density at radius 3 is 2.55 bits per heavy atom. The molecule has 110 valence electrons. The molecule has 0 aliphatic heterocycles. The number of rotatable bonds is 3. The lowest BCUT2D eigenvalue weighted by Gasteiger charge is -2.39. The van der Waals surface area contributed by atoms with Crippen LogP contribution >= 0.6 is 0 Å². The van der Waals surface area contributed by atoms with Gasteiger partial charge in [0.25, 0.3) is 0 Å². The van der Waals surface area contributed by atoms with Gasteiger partial charge in [0.05, 0.1) is 0 Å². The number of nitrogens with one attached hydrogen (secondary N) is 1. The average molecular weight is 279 g/mol. The van der Waals surface area contributed by atoms with Crippen molar-refractivity contribution in [2.75, 3.05) is 0 Å². The summed E-state index contributed by atoms with van der Waals surface area (Å²) in [6.45, 7) is 0.638. The summed E-state index contributed by atoms with van der Waals surface area (Å²) < 4.78 is 26.0. The standard InChI is InChI=1S/C17H23F2N/c18-16-8-5-12(9-17(16)19)11-20-15-7-6-13-3-1-2-4-14(13)10-15/h5,8-9,13-15,20H,1-4,6-7,10-11H2. The molecular weight excluding hydrogens is 256 g/mol. The van der Waals surface area contributed by atoms with Gasteiger partial charge in [0.1, 0.15) is 0 Å². The van der Waals surface area contributed by atoms with E-state index >= 15 is 0 Å². The lowest BCUT2D eigenvalue weighted by molar-refractivity contribution is 0.143. The second kappa shape index (κ2) is 6.21. The van der Waals surface area contributed by atoms with E-state index in [1.54, 1.807) is 6.07 Å². The Labute approximate surface area is 119 Å².